The number of carbonyl (C=O) groups excluding carboxylic acids is 1. The van der Waals surface area contributed by atoms with Gasteiger partial charge in [0.1, 0.15) is 5.75 Å². The van der Waals surface area contributed by atoms with Crippen molar-refractivity contribution >= 4 is 28.1 Å². The maximum Gasteiger partial charge on any atom is 0.277 e. The van der Waals surface area contributed by atoms with E-state index in [9.17, 15) is 4.79 Å². The van der Waals surface area contributed by atoms with Crippen LogP contribution in [0.3, 0.4) is 0 Å². The lowest BCUT2D eigenvalue weighted by Crippen LogP contribution is -2.24. The third-order valence-electron chi connectivity index (χ3n) is 3.01. The van der Waals surface area contributed by atoms with Gasteiger partial charge in [0, 0.05) is 0 Å². The van der Waals surface area contributed by atoms with Gasteiger partial charge in [-0.2, -0.15) is 5.10 Å². The molecule has 0 bridgehead atoms. The van der Waals surface area contributed by atoms with Crippen molar-refractivity contribution in [3.8, 4) is 5.75 Å². The normalized spacial score (nSPS) is 10.7. The Balaban J connectivity index is 1.85. The number of carbonyl (C=O) groups is 1. The van der Waals surface area contributed by atoms with E-state index in [1.165, 1.54) is 5.56 Å². The maximum absolute atomic E-state index is 11.7. The third-order valence-corrected chi connectivity index (χ3v) is 3.67. The van der Waals surface area contributed by atoms with Crippen molar-refractivity contribution < 1.29 is 9.53 Å². The molecule has 2 aromatic rings. The van der Waals surface area contributed by atoms with E-state index in [1.54, 1.807) is 12.3 Å². The van der Waals surface area contributed by atoms with Crippen molar-refractivity contribution in [2.45, 2.75) is 13.8 Å². The molecule has 2 rings (SSSR count). The summed E-state index contributed by atoms with van der Waals surface area (Å²) in [5.74, 6) is 0.313. The number of halogens is 1. The Bertz CT molecular complexity index is 699. The molecule has 0 fully saturated rings. The fourth-order valence-corrected chi connectivity index (χ4v) is 2.28. The fraction of sp³-hybridized carbons (Fsp3) is 0.176. The number of amides is 1. The van der Waals surface area contributed by atoms with Gasteiger partial charge in [0.2, 0.25) is 0 Å². The van der Waals surface area contributed by atoms with E-state index in [0.29, 0.717) is 5.75 Å². The number of nitrogens with zero attached hydrogens (tertiary/aromatic N) is 1. The first-order valence-corrected chi connectivity index (χ1v) is 7.62. The Labute approximate surface area is 138 Å². The highest BCUT2D eigenvalue weighted by Gasteiger charge is 2.04. The predicted molar refractivity (Wildman–Crippen MR) is 91.3 cm³/mol. The first-order chi connectivity index (χ1) is 10.6. The lowest BCUT2D eigenvalue weighted by atomic mass is 10.1. The zero-order valence-electron chi connectivity index (χ0n) is 12.5. The van der Waals surface area contributed by atoms with E-state index in [1.807, 2.05) is 44.2 Å². The molecule has 0 heterocycles. The van der Waals surface area contributed by atoms with E-state index in [2.05, 4.69) is 32.5 Å². The van der Waals surface area contributed by atoms with Crippen LogP contribution in [0.15, 0.2) is 52.0 Å². The van der Waals surface area contributed by atoms with Gasteiger partial charge in [0.05, 0.1) is 10.7 Å². The van der Waals surface area contributed by atoms with Gasteiger partial charge in [-0.15, -0.1) is 0 Å². The van der Waals surface area contributed by atoms with Crippen LogP contribution in [0.25, 0.3) is 0 Å². The van der Waals surface area contributed by atoms with Crippen LogP contribution in [0, 0.1) is 13.8 Å². The third kappa shape index (κ3) is 4.70. The van der Waals surface area contributed by atoms with E-state index in [0.717, 1.165) is 15.6 Å². The van der Waals surface area contributed by atoms with Crippen molar-refractivity contribution in [3.05, 3.63) is 63.6 Å². The number of benzene rings is 2. The van der Waals surface area contributed by atoms with Gasteiger partial charge in [0.25, 0.3) is 5.91 Å². The standard InChI is InChI=1S/C17H17BrN2O2/c1-12-7-8-14(13(2)9-12)10-19-20-17(21)11-22-16-6-4-3-5-15(16)18/h3-10H,11H2,1-2H3,(H,20,21)/b19-10-. The monoisotopic (exact) mass is 360 g/mol. The average molecular weight is 361 g/mol. The number of hydrogen-bond donors (Lipinski definition) is 1. The van der Waals surface area contributed by atoms with Gasteiger partial charge in [-0.3, -0.25) is 4.79 Å². The predicted octanol–water partition coefficient (Wildman–Crippen LogP) is 3.60. The summed E-state index contributed by atoms with van der Waals surface area (Å²) in [6, 6.07) is 13.4. The topological polar surface area (TPSA) is 50.7 Å². The van der Waals surface area contributed by atoms with E-state index in [4.69, 9.17) is 4.74 Å². The molecule has 114 valence electrons. The van der Waals surface area contributed by atoms with E-state index >= 15 is 0 Å². The Morgan fingerprint density at radius 3 is 2.77 bits per heavy atom. The SMILES string of the molecule is Cc1ccc(/C=N\NC(=O)COc2ccccc2Br)c(C)c1. The summed E-state index contributed by atoms with van der Waals surface area (Å²) >= 11 is 3.36. The quantitative estimate of drug-likeness (QED) is 0.654. The number of hydrazone groups is 1. The Morgan fingerprint density at radius 1 is 1.27 bits per heavy atom. The smallest absolute Gasteiger partial charge is 0.277 e. The molecule has 0 saturated heterocycles. The Kier molecular flexibility index (Phi) is 5.72. The zero-order chi connectivity index (χ0) is 15.9. The lowest BCUT2D eigenvalue weighted by molar-refractivity contribution is -0.123. The van der Waals surface area contributed by atoms with Gasteiger partial charge in [-0.05, 0) is 53.0 Å². The van der Waals surface area contributed by atoms with Crippen LogP contribution >= 0.6 is 15.9 Å². The molecule has 22 heavy (non-hydrogen) atoms. The number of nitrogens with one attached hydrogen (secondary N) is 1. The summed E-state index contributed by atoms with van der Waals surface area (Å²) in [7, 11) is 0. The summed E-state index contributed by atoms with van der Waals surface area (Å²) in [5, 5.41) is 3.95. The molecule has 1 amide bonds. The molecule has 0 unspecified atom stereocenters. The minimum absolute atomic E-state index is 0.0904. The highest BCUT2D eigenvalue weighted by Crippen LogP contribution is 2.23. The second-order valence-electron chi connectivity index (χ2n) is 4.87. The molecular formula is C17H17BrN2O2. The largest absolute Gasteiger partial charge is 0.483 e. The fourth-order valence-electron chi connectivity index (χ4n) is 1.88. The van der Waals surface area contributed by atoms with Crippen LogP contribution in [-0.2, 0) is 4.79 Å². The molecule has 0 aliphatic rings. The molecule has 0 spiro atoms. The first kappa shape index (κ1) is 16.2. The van der Waals surface area contributed by atoms with Gasteiger partial charge in [-0.1, -0.05) is 35.9 Å². The van der Waals surface area contributed by atoms with Gasteiger partial charge in [-0.25, -0.2) is 5.43 Å². The second-order valence-corrected chi connectivity index (χ2v) is 5.73. The van der Waals surface area contributed by atoms with Crippen LogP contribution in [-0.4, -0.2) is 18.7 Å². The van der Waals surface area contributed by atoms with Crippen LogP contribution < -0.4 is 10.2 Å². The summed E-state index contributed by atoms with van der Waals surface area (Å²) in [5.41, 5.74) is 5.73. The number of ether oxygens (including phenoxy) is 1. The van der Waals surface area contributed by atoms with Gasteiger partial charge in [0.15, 0.2) is 6.61 Å². The molecule has 0 aromatic heterocycles. The Morgan fingerprint density at radius 2 is 2.05 bits per heavy atom. The first-order valence-electron chi connectivity index (χ1n) is 6.83. The Hall–Kier alpha value is -2.14. The molecule has 0 saturated carbocycles. The van der Waals surface area contributed by atoms with Crippen molar-refractivity contribution in [2.24, 2.45) is 5.10 Å². The molecule has 5 heteroatoms. The number of rotatable bonds is 5. The number of para-hydroxylation sites is 1. The molecule has 2 aromatic carbocycles. The highest BCUT2D eigenvalue weighted by molar-refractivity contribution is 9.10. The van der Waals surface area contributed by atoms with Crippen LogP contribution in [0.4, 0.5) is 0 Å². The van der Waals surface area contributed by atoms with Crippen molar-refractivity contribution in [1.82, 2.24) is 5.43 Å². The minimum Gasteiger partial charge on any atom is -0.483 e. The van der Waals surface area contributed by atoms with Gasteiger partial charge >= 0.3 is 0 Å². The number of hydrogen-bond acceptors (Lipinski definition) is 3. The number of aryl methyl sites for hydroxylation is 2. The van der Waals surface area contributed by atoms with E-state index < -0.39 is 0 Å². The summed E-state index contributed by atoms with van der Waals surface area (Å²) in [4.78, 5) is 11.7. The molecular weight excluding hydrogens is 344 g/mol. The molecule has 0 atom stereocenters. The van der Waals surface area contributed by atoms with Gasteiger partial charge < -0.3 is 4.74 Å². The van der Waals surface area contributed by atoms with Crippen molar-refractivity contribution in [3.63, 3.8) is 0 Å². The second kappa shape index (κ2) is 7.75. The molecule has 4 nitrogen and oxygen atoms in total. The zero-order valence-corrected chi connectivity index (χ0v) is 14.1. The summed E-state index contributed by atoms with van der Waals surface area (Å²) in [6.45, 7) is 3.95. The molecule has 0 radical (unpaired) electrons. The minimum atomic E-state index is -0.309. The highest BCUT2D eigenvalue weighted by atomic mass is 79.9. The van der Waals surface area contributed by atoms with Crippen LogP contribution in [0.1, 0.15) is 16.7 Å². The van der Waals surface area contributed by atoms with Crippen LogP contribution in [0.5, 0.6) is 5.75 Å². The van der Waals surface area contributed by atoms with Crippen molar-refractivity contribution in [1.29, 1.82) is 0 Å². The summed E-state index contributed by atoms with van der Waals surface area (Å²) < 4.78 is 6.22. The summed E-state index contributed by atoms with van der Waals surface area (Å²) in [6.07, 6.45) is 1.63. The molecule has 1 N–H and O–H groups in total. The maximum atomic E-state index is 11.7. The average Bonchev–Trinajstić information content (AvgIpc) is 2.49. The lowest BCUT2D eigenvalue weighted by Gasteiger charge is -2.06. The molecule has 0 aliphatic heterocycles. The van der Waals surface area contributed by atoms with E-state index in [-0.39, 0.29) is 12.5 Å². The molecule has 0 aliphatic carbocycles. The van der Waals surface area contributed by atoms with Crippen molar-refractivity contribution in [2.75, 3.05) is 6.61 Å². The van der Waals surface area contributed by atoms with Crippen LogP contribution in [0.2, 0.25) is 0 Å².